The van der Waals surface area contributed by atoms with Crippen molar-refractivity contribution >= 4 is 93.5 Å². The van der Waals surface area contributed by atoms with Gasteiger partial charge in [-0.25, -0.2) is 37.1 Å². The number of aromatic nitrogens is 8. The molecule has 2 aliphatic heterocycles. The second kappa shape index (κ2) is 21.0. The number of halogens is 2. The van der Waals surface area contributed by atoms with Crippen LogP contribution in [0.15, 0.2) is 100.0 Å². The van der Waals surface area contributed by atoms with E-state index in [-0.39, 0.29) is 88.6 Å². The number of pyridine rings is 2. The van der Waals surface area contributed by atoms with Gasteiger partial charge in [0.05, 0.1) is 53.1 Å². The summed E-state index contributed by atoms with van der Waals surface area (Å²) < 4.78 is 73.0. The molecule has 4 fully saturated rings. The maximum absolute atomic E-state index is 17.1. The zero-order valence-corrected chi connectivity index (χ0v) is 47.1. The molecular weight excluding hydrogens is 1060 g/mol. The van der Waals surface area contributed by atoms with Crippen molar-refractivity contribution in [2.75, 3.05) is 112 Å². The van der Waals surface area contributed by atoms with Crippen molar-refractivity contribution < 1.29 is 27.4 Å². The number of anilines is 7. The van der Waals surface area contributed by atoms with Crippen molar-refractivity contribution in [2.45, 2.75) is 49.6 Å². The summed E-state index contributed by atoms with van der Waals surface area (Å²) in [5.74, 6) is 0.0327. The number of aliphatic hydroxyl groups excluding tert-OH is 2. The first-order valence-corrected chi connectivity index (χ1v) is 31.4. The largest absolute Gasteiger partial charge is 0.395 e. The monoisotopic (exact) mass is 1130 g/mol. The fourth-order valence-corrected chi connectivity index (χ4v) is 12.0. The summed E-state index contributed by atoms with van der Waals surface area (Å²) in [5, 5.41) is 24.1. The summed E-state index contributed by atoms with van der Waals surface area (Å²) >= 11 is 0. The van der Waals surface area contributed by atoms with Gasteiger partial charge < -0.3 is 30.2 Å². The van der Waals surface area contributed by atoms with E-state index < -0.39 is 31.1 Å². The zero-order valence-electron chi connectivity index (χ0n) is 45.4. The highest BCUT2D eigenvalue weighted by Gasteiger charge is 2.37. The van der Waals surface area contributed by atoms with Gasteiger partial charge in [0.2, 0.25) is 11.9 Å². The van der Waals surface area contributed by atoms with E-state index >= 15 is 8.78 Å². The molecule has 0 amide bonds. The number of nitrogens with zero attached hydrogens (tertiary/aromatic N) is 15. The lowest BCUT2D eigenvalue weighted by atomic mass is 10.1. The van der Waals surface area contributed by atoms with Gasteiger partial charge in [0.1, 0.15) is 11.6 Å². The van der Waals surface area contributed by atoms with Crippen molar-refractivity contribution in [2.24, 2.45) is 8.73 Å². The molecule has 80 heavy (non-hydrogen) atoms. The lowest BCUT2D eigenvalue weighted by molar-refractivity contribution is 0.135. The number of fused-ring (bicyclic) bond motifs is 2. The van der Waals surface area contributed by atoms with Gasteiger partial charge in [-0.2, -0.15) is 18.7 Å². The maximum Gasteiger partial charge on any atom is 0.236 e. The Kier molecular flexibility index (Phi) is 14.0. The summed E-state index contributed by atoms with van der Waals surface area (Å²) in [7, 11) is -1.38. The van der Waals surface area contributed by atoms with Gasteiger partial charge in [0.25, 0.3) is 0 Å². The normalized spacial score (nSPS) is 18.6. The molecule has 2 saturated heterocycles. The zero-order chi connectivity index (χ0) is 55.8. The Hall–Kier alpha value is -7.22. The second-order valence-corrected chi connectivity index (χ2v) is 27.1. The predicted molar refractivity (Wildman–Crippen MR) is 311 cm³/mol. The quantitative estimate of drug-likeness (QED) is 0.0883. The summed E-state index contributed by atoms with van der Waals surface area (Å²) in [4.78, 5) is 40.0. The van der Waals surface area contributed by atoms with E-state index in [1.165, 1.54) is 37.4 Å². The lowest BCUT2D eigenvalue weighted by Gasteiger charge is -2.40. The van der Waals surface area contributed by atoms with E-state index in [1.807, 2.05) is 55.6 Å². The Balaban J connectivity index is 1.02. The Labute approximate surface area is 463 Å². The van der Waals surface area contributed by atoms with Crippen molar-refractivity contribution in [3.8, 4) is 11.6 Å². The van der Waals surface area contributed by atoms with Crippen molar-refractivity contribution in [1.82, 2.24) is 48.8 Å². The number of rotatable bonds is 15. The van der Waals surface area contributed by atoms with Gasteiger partial charge >= 0.3 is 0 Å². The predicted octanol–water partition coefficient (Wildman–Crippen LogP) is 8.13. The Morgan fingerprint density at radius 3 is 1.91 bits per heavy atom. The molecule has 0 spiro atoms. The van der Waals surface area contributed by atoms with Gasteiger partial charge in [-0.3, -0.25) is 18.9 Å². The van der Waals surface area contributed by atoms with E-state index in [9.17, 15) is 18.6 Å². The number of hydrogen-bond acceptors (Lipinski definition) is 18. The molecule has 2 saturated carbocycles. The summed E-state index contributed by atoms with van der Waals surface area (Å²) in [6.07, 6.45) is 12.0. The minimum atomic E-state index is -2.85. The standard InChI is InChI=1S/C56H64F2N16O4S2/c1-68-22-25-71(42(30-68)33-76)38-16-14-36(15-17-38)61-55-59-28-43-49(57)52(35-12-13-35)74(53(43)64-55)48-27-40(26-46(63-48)67-80(5,6)78)72(39-20-18-37(19-21-39)70-24-23-69(2)41(31-70)32-75)56-60-29-44-50(58)51(34-10-11-34)73(54(44)65-56)47-9-7-8-45(62-47)66-79(3,4)77/h7-9,14-21,26-29,34-35,41-42,75-76H,10-13,22-25,30-33H2,1-6H3,(H,59,61,64). The first kappa shape index (κ1) is 53.4. The molecule has 4 aliphatic rings. The van der Waals surface area contributed by atoms with Crippen LogP contribution in [0.3, 0.4) is 0 Å². The minimum Gasteiger partial charge on any atom is -0.395 e. The minimum absolute atomic E-state index is 0.0144. The second-order valence-electron chi connectivity index (χ2n) is 22.0. The van der Waals surface area contributed by atoms with E-state index in [2.05, 4.69) is 45.7 Å². The number of benzene rings is 2. The van der Waals surface area contributed by atoms with Crippen LogP contribution < -0.4 is 20.0 Å². The summed E-state index contributed by atoms with van der Waals surface area (Å²) in [5.41, 5.74) is 4.86. The van der Waals surface area contributed by atoms with Crippen LogP contribution in [0.2, 0.25) is 0 Å². The third-order valence-electron chi connectivity index (χ3n) is 15.1. The molecule has 6 aromatic heterocycles. The molecule has 3 N–H and O–H groups in total. The van der Waals surface area contributed by atoms with Gasteiger partial charge in [-0.15, -0.1) is 0 Å². The van der Waals surface area contributed by atoms with Crippen molar-refractivity contribution in [1.29, 1.82) is 0 Å². The van der Waals surface area contributed by atoms with E-state index in [0.717, 1.165) is 69.8 Å². The Bertz CT molecular complexity index is 3930. The third-order valence-corrected chi connectivity index (χ3v) is 16.4. The van der Waals surface area contributed by atoms with Crippen LogP contribution in [0, 0.1) is 11.6 Å². The summed E-state index contributed by atoms with van der Waals surface area (Å²) in [6, 6.07) is 24.2. The lowest BCUT2D eigenvalue weighted by Crippen LogP contribution is -2.53. The first-order chi connectivity index (χ1) is 38.4. The van der Waals surface area contributed by atoms with Crippen molar-refractivity contribution in [3.63, 3.8) is 0 Å². The highest BCUT2D eigenvalue weighted by molar-refractivity contribution is 7.92. The molecule has 418 valence electrons. The molecule has 12 rings (SSSR count). The van der Waals surface area contributed by atoms with E-state index in [1.54, 1.807) is 44.4 Å². The molecule has 0 bridgehead atoms. The number of hydrogen-bond donors (Lipinski definition) is 3. The molecule has 8 aromatic rings. The number of aliphatic hydroxyl groups is 2. The van der Waals surface area contributed by atoms with Gasteiger partial charge in [-0.05, 0) is 100 Å². The average molecular weight is 1130 g/mol. The SMILES string of the molecule is CN1CCN(c2ccc(Nc3ncc4c(F)c(C5CC5)n(-c5cc(N(c6ccc(N7CCN(C)C(CO)C7)cc6)c6ncc7c(F)c(C8CC8)n(-c8cccc(N=S(C)(C)=O)n8)c7n6)cc(N=S(C)(C)=O)n5)c4n3)cc2)C(CO)C1. The Morgan fingerprint density at radius 1 is 0.650 bits per heavy atom. The fourth-order valence-electron chi connectivity index (χ4n) is 10.9. The number of likely N-dealkylation sites (N-methyl/N-ethyl adjacent to an activating group) is 2. The molecule has 20 nitrogen and oxygen atoms in total. The van der Waals surface area contributed by atoms with Gasteiger partial charge in [0.15, 0.2) is 34.6 Å². The Morgan fingerprint density at radius 2 is 1.26 bits per heavy atom. The molecule has 2 unspecified atom stereocenters. The smallest absolute Gasteiger partial charge is 0.236 e. The van der Waals surface area contributed by atoms with Crippen LogP contribution in [-0.2, 0) is 19.5 Å². The molecule has 24 heteroatoms. The molecule has 2 aliphatic carbocycles. The third kappa shape index (κ3) is 10.8. The molecule has 8 heterocycles. The molecule has 2 atom stereocenters. The van der Waals surface area contributed by atoms with Crippen LogP contribution in [0.1, 0.15) is 48.9 Å². The highest BCUT2D eigenvalue weighted by atomic mass is 32.2. The van der Waals surface area contributed by atoms with E-state index in [4.69, 9.17) is 24.9 Å². The van der Waals surface area contributed by atoms with E-state index in [0.29, 0.717) is 40.8 Å². The fraction of sp³-hybridized carbons (Fsp3) is 0.393. The van der Waals surface area contributed by atoms with Crippen LogP contribution in [0.5, 0.6) is 0 Å². The first-order valence-electron chi connectivity index (χ1n) is 26.8. The van der Waals surface area contributed by atoms with Crippen LogP contribution in [0.4, 0.5) is 60.8 Å². The topological polar surface area (TPSA) is 215 Å². The van der Waals surface area contributed by atoms with Crippen LogP contribution in [0.25, 0.3) is 33.7 Å². The highest BCUT2D eigenvalue weighted by Crippen LogP contribution is 2.48. The van der Waals surface area contributed by atoms with Crippen molar-refractivity contribution in [3.05, 3.63) is 114 Å². The van der Waals surface area contributed by atoms with Crippen LogP contribution >= 0.6 is 0 Å². The van der Waals surface area contributed by atoms with Gasteiger partial charge in [0, 0.05) is 143 Å². The molecule has 2 aromatic carbocycles. The number of piperazine rings is 2. The summed E-state index contributed by atoms with van der Waals surface area (Å²) in [6.45, 7) is 4.56. The number of nitrogens with one attached hydrogen (secondary N) is 1. The maximum atomic E-state index is 17.1. The molecule has 0 radical (unpaired) electrons. The average Bonchev–Trinajstić information content (AvgIpc) is 4.55. The van der Waals surface area contributed by atoms with Crippen LogP contribution in [-0.4, -0.2) is 171 Å². The van der Waals surface area contributed by atoms with Gasteiger partial charge in [-0.1, -0.05) is 6.07 Å². The molecular formula is C56H64F2N16O4S2.